The molecule has 3 heterocycles. The molecular formula is C28H35N5O. The monoisotopic (exact) mass is 457 g/mol. The van der Waals surface area contributed by atoms with Crippen molar-refractivity contribution in [2.75, 3.05) is 29.9 Å². The zero-order chi connectivity index (χ0) is 23.7. The Labute approximate surface area is 202 Å². The quantitative estimate of drug-likeness (QED) is 0.601. The van der Waals surface area contributed by atoms with Crippen LogP contribution in [0.5, 0.6) is 0 Å². The lowest BCUT2D eigenvalue weighted by Gasteiger charge is -2.43. The first-order valence-electron chi connectivity index (χ1n) is 12.3. The molecule has 0 aliphatic carbocycles. The zero-order valence-electron chi connectivity index (χ0n) is 20.4. The number of fused-ring (bicyclic) bond motifs is 1. The van der Waals surface area contributed by atoms with Crippen molar-refractivity contribution >= 4 is 17.3 Å². The maximum Gasteiger partial charge on any atom is 0.135 e. The molecule has 1 saturated heterocycles. The van der Waals surface area contributed by atoms with E-state index >= 15 is 0 Å². The minimum Gasteiger partial charge on any atom is -0.390 e. The van der Waals surface area contributed by atoms with E-state index in [2.05, 4.69) is 94.4 Å². The minimum absolute atomic E-state index is 0.0887. The van der Waals surface area contributed by atoms with Crippen LogP contribution in [-0.4, -0.2) is 51.8 Å². The summed E-state index contributed by atoms with van der Waals surface area (Å²) < 4.78 is 0. The van der Waals surface area contributed by atoms with E-state index in [-0.39, 0.29) is 11.5 Å². The first-order chi connectivity index (χ1) is 16.4. The fraction of sp³-hybridized carbons (Fsp3) is 0.429. The third kappa shape index (κ3) is 4.93. The van der Waals surface area contributed by atoms with Gasteiger partial charge in [-0.25, -0.2) is 9.97 Å². The second-order valence-corrected chi connectivity index (χ2v) is 10.6. The van der Waals surface area contributed by atoms with Crippen LogP contribution in [0.25, 0.3) is 0 Å². The third-order valence-electron chi connectivity index (χ3n) is 7.15. The number of aliphatic hydroxyl groups is 1. The average molecular weight is 458 g/mol. The molecule has 2 aromatic carbocycles. The van der Waals surface area contributed by atoms with Crippen LogP contribution in [0, 0.1) is 0 Å². The predicted octanol–water partition coefficient (Wildman–Crippen LogP) is 4.52. The van der Waals surface area contributed by atoms with Crippen LogP contribution in [0.1, 0.15) is 43.9 Å². The van der Waals surface area contributed by atoms with Crippen LogP contribution in [-0.2, 0) is 18.4 Å². The van der Waals surface area contributed by atoms with E-state index in [0.29, 0.717) is 6.54 Å². The van der Waals surface area contributed by atoms with Crippen LogP contribution < -0.4 is 10.2 Å². The summed E-state index contributed by atoms with van der Waals surface area (Å²) in [4.78, 5) is 13.6. The second kappa shape index (κ2) is 9.35. The van der Waals surface area contributed by atoms with Gasteiger partial charge >= 0.3 is 0 Å². The van der Waals surface area contributed by atoms with Crippen molar-refractivity contribution in [3.63, 3.8) is 0 Å². The molecule has 1 fully saturated rings. The standard InChI is InChI=1S/C28H35N5O/c1-28(2,3)22-9-6-10-23(15-22)31-26-16-27(30-19-29-26)33-14-12-24(25(34)18-33)32-13-11-20-7-4-5-8-21(20)17-32/h4-10,15-16,19,24-25,34H,11-14,17-18H2,1-3H3,(H,29,30,31)/t24-,25-/m1/s1. The number of β-amino-alcohol motifs (C(OH)–C–C–N with tert-alkyl or cyclic N) is 1. The maximum absolute atomic E-state index is 11.1. The molecule has 2 atom stereocenters. The van der Waals surface area contributed by atoms with Crippen LogP contribution in [0.3, 0.4) is 0 Å². The molecule has 6 nitrogen and oxygen atoms in total. The normalized spacial score (nSPS) is 21.2. The SMILES string of the molecule is CC(C)(C)c1cccc(Nc2cc(N3CC[C@@H](N4CCc5ccccc5C4)[C@H](O)C3)ncn2)c1. The Bertz CT molecular complexity index is 1140. The molecule has 2 aliphatic heterocycles. The van der Waals surface area contributed by atoms with E-state index in [1.807, 2.05) is 6.07 Å². The molecular weight excluding hydrogens is 422 g/mol. The van der Waals surface area contributed by atoms with Gasteiger partial charge in [-0.2, -0.15) is 0 Å². The number of aliphatic hydroxyl groups excluding tert-OH is 1. The number of hydrogen-bond donors (Lipinski definition) is 2. The Morgan fingerprint density at radius 2 is 1.79 bits per heavy atom. The van der Waals surface area contributed by atoms with Crippen LogP contribution in [0.4, 0.5) is 17.3 Å². The smallest absolute Gasteiger partial charge is 0.135 e. The lowest BCUT2D eigenvalue weighted by molar-refractivity contribution is 0.0293. The summed E-state index contributed by atoms with van der Waals surface area (Å²) in [6.07, 6.45) is 3.17. The van der Waals surface area contributed by atoms with Gasteiger partial charge in [-0.15, -0.1) is 0 Å². The van der Waals surface area contributed by atoms with Crippen molar-refractivity contribution in [1.82, 2.24) is 14.9 Å². The van der Waals surface area contributed by atoms with Crippen LogP contribution >= 0.6 is 0 Å². The molecule has 0 spiro atoms. The number of aromatic nitrogens is 2. The van der Waals surface area contributed by atoms with Crippen molar-refractivity contribution in [2.24, 2.45) is 0 Å². The van der Waals surface area contributed by atoms with Gasteiger partial charge in [-0.05, 0) is 47.1 Å². The fourth-order valence-corrected chi connectivity index (χ4v) is 5.15. The van der Waals surface area contributed by atoms with Gasteiger partial charge in [-0.1, -0.05) is 57.2 Å². The molecule has 0 radical (unpaired) electrons. The van der Waals surface area contributed by atoms with Gasteiger partial charge in [0.15, 0.2) is 0 Å². The molecule has 178 valence electrons. The van der Waals surface area contributed by atoms with E-state index in [9.17, 15) is 5.11 Å². The Morgan fingerprint density at radius 3 is 2.59 bits per heavy atom. The van der Waals surface area contributed by atoms with Gasteiger partial charge in [-0.3, -0.25) is 4.90 Å². The molecule has 0 saturated carbocycles. The highest BCUT2D eigenvalue weighted by molar-refractivity contribution is 5.60. The highest BCUT2D eigenvalue weighted by atomic mass is 16.3. The van der Waals surface area contributed by atoms with Crippen molar-refractivity contribution in [3.05, 3.63) is 77.6 Å². The second-order valence-electron chi connectivity index (χ2n) is 10.6. The van der Waals surface area contributed by atoms with E-state index < -0.39 is 6.10 Å². The topological polar surface area (TPSA) is 64.5 Å². The maximum atomic E-state index is 11.1. The Kier molecular flexibility index (Phi) is 6.28. The fourth-order valence-electron chi connectivity index (χ4n) is 5.15. The first-order valence-corrected chi connectivity index (χ1v) is 12.3. The number of piperidine rings is 1. The average Bonchev–Trinajstić information content (AvgIpc) is 2.83. The number of anilines is 3. The Balaban J connectivity index is 1.24. The molecule has 34 heavy (non-hydrogen) atoms. The zero-order valence-corrected chi connectivity index (χ0v) is 20.4. The molecule has 1 aromatic heterocycles. The molecule has 0 unspecified atom stereocenters. The van der Waals surface area contributed by atoms with Gasteiger partial charge in [0.2, 0.25) is 0 Å². The number of nitrogens with one attached hydrogen (secondary N) is 1. The molecule has 0 bridgehead atoms. The van der Waals surface area contributed by atoms with Crippen molar-refractivity contribution in [2.45, 2.75) is 57.7 Å². The van der Waals surface area contributed by atoms with Gasteiger partial charge in [0.25, 0.3) is 0 Å². The molecule has 2 N–H and O–H groups in total. The first kappa shape index (κ1) is 22.8. The van der Waals surface area contributed by atoms with Gasteiger partial charge < -0.3 is 15.3 Å². The highest BCUT2D eigenvalue weighted by Crippen LogP contribution is 2.29. The summed E-state index contributed by atoms with van der Waals surface area (Å²) in [5.74, 6) is 1.62. The van der Waals surface area contributed by atoms with Gasteiger partial charge in [0.1, 0.15) is 18.0 Å². The van der Waals surface area contributed by atoms with E-state index in [1.165, 1.54) is 16.7 Å². The summed E-state index contributed by atoms with van der Waals surface area (Å²) in [6.45, 7) is 10.0. The molecule has 5 rings (SSSR count). The van der Waals surface area contributed by atoms with Gasteiger partial charge in [0.05, 0.1) is 6.10 Å². The Hall–Kier alpha value is -2.96. The van der Waals surface area contributed by atoms with E-state index in [1.54, 1.807) is 6.33 Å². The lowest BCUT2D eigenvalue weighted by Crippen LogP contribution is -2.55. The summed E-state index contributed by atoms with van der Waals surface area (Å²) in [6, 6.07) is 19.3. The van der Waals surface area contributed by atoms with E-state index in [0.717, 1.165) is 49.8 Å². The molecule has 0 amide bonds. The largest absolute Gasteiger partial charge is 0.390 e. The van der Waals surface area contributed by atoms with Crippen molar-refractivity contribution < 1.29 is 5.11 Å². The summed E-state index contributed by atoms with van der Waals surface area (Å²) in [5.41, 5.74) is 5.22. The van der Waals surface area contributed by atoms with Crippen LogP contribution in [0.15, 0.2) is 60.9 Å². The number of rotatable bonds is 4. The number of nitrogens with zero attached hydrogens (tertiary/aromatic N) is 4. The predicted molar refractivity (Wildman–Crippen MR) is 138 cm³/mol. The number of benzene rings is 2. The van der Waals surface area contributed by atoms with Crippen LogP contribution in [0.2, 0.25) is 0 Å². The Morgan fingerprint density at radius 1 is 0.971 bits per heavy atom. The van der Waals surface area contributed by atoms with E-state index in [4.69, 9.17) is 0 Å². The van der Waals surface area contributed by atoms with Crippen molar-refractivity contribution in [1.29, 1.82) is 0 Å². The van der Waals surface area contributed by atoms with Crippen molar-refractivity contribution in [3.8, 4) is 0 Å². The molecule has 3 aromatic rings. The lowest BCUT2D eigenvalue weighted by atomic mass is 9.87. The number of hydrogen-bond acceptors (Lipinski definition) is 6. The van der Waals surface area contributed by atoms with Gasteiger partial charge in [0, 0.05) is 44.0 Å². The minimum atomic E-state index is -0.408. The third-order valence-corrected chi connectivity index (χ3v) is 7.15. The highest BCUT2D eigenvalue weighted by Gasteiger charge is 2.34. The summed E-state index contributed by atoms with van der Waals surface area (Å²) >= 11 is 0. The molecule has 6 heteroatoms. The summed E-state index contributed by atoms with van der Waals surface area (Å²) in [5, 5.41) is 14.5. The summed E-state index contributed by atoms with van der Waals surface area (Å²) in [7, 11) is 0. The molecule has 2 aliphatic rings.